The number of hydrogen-bond donors (Lipinski definition) is 0. The van der Waals surface area contributed by atoms with Crippen LogP contribution in [0.25, 0.3) is 11.8 Å². The molecule has 0 saturated heterocycles. The van der Waals surface area contributed by atoms with Gasteiger partial charge in [-0.25, -0.2) is 9.79 Å². The first-order chi connectivity index (χ1) is 19.8. The molecule has 0 fully saturated rings. The number of halogens is 1. The van der Waals surface area contributed by atoms with Gasteiger partial charge in [0.15, 0.2) is 16.3 Å². The summed E-state index contributed by atoms with van der Waals surface area (Å²) >= 11 is 7.45. The van der Waals surface area contributed by atoms with Crippen LogP contribution in [0.3, 0.4) is 0 Å². The van der Waals surface area contributed by atoms with Crippen LogP contribution >= 0.6 is 22.9 Å². The third kappa shape index (κ3) is 5.71. The molecule has 0 radical (unpaired) electrons. The van der Waals surface area contributed by atoms with E-state index in [0.29, 0.717) is 42.7 Å². The number of thiazole rings is 1. The van der Waals surface area contributed by atoms with Crippen LogP contribution in [0.15, 0.2) is 88.2 Å². The number of fused-ring (bicyclic) bond motifs is 1. The van der Waals surface area contributed by atoms with Gasteiger partial charge in [0.1, 0.15) is 0 Å². The van der Waals surface area contributed by atoms with Gasteiger partial charge in [-0.05, 0) is 50.6 Å². The molecule has 0 bridgehead atoms. The molecule has 4 aromatic rings. The predicted molar refractivity (Wildman–Crippen MR) is 161 cm³/mol. The maximum Gasteiger partial charge on any atom is 0.338 e. The largest absolute Gasteiger partial charge is 0.493 e. The highest BCUT2D eigenvalue weighted by atomic mass is 35.5. The van der Waals surface area contributed by atoms with E-state index in [0.717, 1.165) is 5.56 Å². The number of benzene rings is 3. The third-order valence-electron chi connectivity index (χ3n) is 6.43. The average Bonchev–Trinajstić information content (AvgIpc) is 3.28. The van der Waals surface area contributed by atoms with Gasteiger partial charge in [0.2, 0.25) is 0 Å². The molecule has 1 atom stereocenters. The Kier molecular flexibility index (Phi) is 8.42. The normalized spacial score (nSPS) is 15.0. The highest BCUT2D eigenvalue weighted by molar-refractivity contribution is 7.07. The number of nitrogens with zero attached hydrogens (tertiary/aromatic N) is 2. The maximum atomic E-state index is 14.1. The minimum absolute atomic E-state index is 0.106. The van der Waals surface area contributed by atoms with Crippen LogP contribution in [0.1, 0.15) is 43.5 Å². The first-order valence-corrected chi connectivity index (χ1v) is 14.4. The SMILES string of the molecule is CCOC(=O)C1=C(c2ccccc2)N=c2s/c(=C\c3cccc(OC)c3OC(C)C)c(=O)n2[C@@H]1c1ccc(Cl)cc1. The topological polar surface area (TPSA) is 79.1 Å². The summed E-state index contributed by atoms with van der Waals surface area (Å²) in [5, 5.41) is 0.543. The van der Waals surface area contributed by atoms with Crippen LogP contribution in [0.5, 0.6) is 11.5 Å². The Morgan fingerprint density at radius 2 is 1.80 bits per heavy atom. The van der Waals surface area contributed by atoms with Crippen LogP contribution in [0.2, 0.25) is 5.02 Å². The molecule has 1 aliphatic rings. The van der Waals surface area contributed by atoms with Gasteiger partial charge in [0.05, 0.1) is 41.7 Å². The summed E-state index contributed by atoms with van der Waals surface area (Å²) in [6.07, 6.45) is 1.67. The smallest absolute Gasteiger partial charge is 0.338 e. The lowest BCUT2D eigenvalue weighted by molar-refractivity contribution is -0.138. The summed E-state index contributed by atoms with van der Waals surface area (Å²) in [6, 6.07) is 21.3. The van der Waals surface area contributed by atoms with Gasteiger partial charge in [-0.1, -0.05) is 77.5 Å². The summed E-state index contributed by atoms with van der Waals surface area (Å²) in [5.74, 6) is 0.572. The zero-order valence-electron chi connectivity index (χ0n) is 23.1. The van der Waals surface area contributed by atoms with Crippen molar-refractivity contribution >= 4 is 40.7 Å². The van der Waals surface area contributed by atoms with E-state index in [1.807, 2.05) is 74.5 Å². The Morgan fingerprint density at radius 1 is 1.07 bits per heavy atom. The number of methoxy groups -OCH3 is 1. The molecule has 0 aliphatic carbocycles. The number of rotatable bonds is 8. The van der Waals surface area contributed by atoms with Gasteiger partial charge in [0, 0.05) is 16.1 Å². The molecular weight excluding hydrogens is 560 g/mol. The molecule has 210 valence electrons. The second kappa shape index (κ2) is 12.2. The van der Waals surface area contributed by atoms with Crippen molar-refractivity contribution in [2.75, 3.05) is 13.7 Å². The Bertz CT molecular complexity index is 1790. The Hall–Kier alpha value is -4.14. The monoisotopic (exact) mass is 588 g/mol. The highest BCUT2D eigenvalue weighted by Gasteiger charge is 2.35. The van der Waals surface area contributed by atoms with E-state index in [4.69, 9.17) is 30.8 Å². The quantitative estimate of drug-likeness (QED) is 0.258. The summed E-state index contributed by atoms with van der Waals surface area (Å²) in [5.41, 5.74) is 2.60. The van der Waals surface area contributed by atoms with E-state index in [1.165, 1.54) is 11.3 Å². The van der Waals surface area contributed by atoms with Crippen molar-refractivity contribution in [2.45, 2.75) is 32.9 Å². The fourth-order valence-electron chi connectivity index (χ4n) is 4.71. The summed E-state index contributed by atoms with van der Waals surface area (Å²) in [4.78, 5) is 33.0. The van der Waals surface area contributed by atoms with E-state index in [9.17, 15) is 9.59 Å². The number of para-hydroxylation sites is 1. The van der Waals surface area contributed by atoms with Crippen molar-refractivity contribution < 1.29 is 19.0 Å². The van der Waals surface area contributed by atoms with Gasteiger partial charge in [0.25, 0.3) is 5.56 Å². The highest BCUT2D eigenvalue weighted by Crippen LogP contribution is 2.36. The van der Waals surface area contributed by atoms with Gasteiger partial charge < -0.3 is 14.2 Å². The number of carbonyl (C=O) groups excluding carboxylic acids is 1. The number of aromatic nitrogens is 1. The van der Waals surface area contributed by atoms with E-state index >= 15 is 0 Å². The fraction of sp³-hybridized carbons (Fsp3) is 0.219. The number of hydrogen-bond acceptors (Lipinski definition) is 7. The van der Waals surface area contributed by atoms with Crippen molar-refractivity contribution in [2.24, 2.45) is 4.99 Å². The lowest BCUT2D eigenvalue weighted by Crippen LogP contribution is -2.40. The van der Waals surface area contributed by atoms with Gasteiger partial charge >= 0.3 is 5.97 Å². The standard InChI is InChI=1S/C32H29ClN2O5S/c1-5-39-31(37)26-27(20-10-7-6-8-11-20)34-32-35(28(26)21-14-16-23(33)17-15-21)30(36)25(41-32)18-22-12-9-13-24(38-4)29(22)40-19(2)3/h6-19,28H,5H2,1-4H3/b25-18-/t28-/m1/s1. The minimum Gasteiger partial charge on any atom is -0.493 e. The Morgan fingerprint density at radius 3 is 2.46 bits per heavy atom. The molecule has 0 unspecified atom stereocenters. The molecular formula is C32H29ClN2O5S. The second-order valence-electron chi connectivity index (χ2n) is 9.53. The Labute approximate surface area is 246 Å². The van der Waals surface area contributed by atoms with Crippen LogP contribution < -0.4 is 24.4 Å². The van der Waals surface area contributed by atoms with Crippen LogP contribution in [-0.2, 0) is 9.53 Å². The average molecular weight is 589 g/mol. The molecule has 1 aromatic heterocycles. The Balaban J connectivity index is 1.81. The number of carbonyl (C=O) groups is 1. The van der Waals surface area contributed by atoms with Crippen LogP contribution in [0.4, 0.5) is 0 Å². The van der Waals surface area contributed by atoms with Crippen molar-refractivity contribution in [3.63, 3.8) is 0 Å². The molecule has 7 nitrogen and oxygen atoms in total. The molecule has 41 heavy (non-hydrogen) atoms. The first kappa shape index (κ1) is 28.4. The van der Waals surface area contributed by atoms with Crippen molar-refractivity contribution in [1.29, 1.82) is 0 Å². The second-order valence-corrected chi connectivity index (χ2v) is 11.0. The van der Waals surface area contributed by atoms with E-state index < -0.39 is 12.0 Å². The van der Waals surface area contributed by atoms with Crippen molar-refractivity contribution in [3.8, 4) is 11.5 Å². The molecule has 0 amide bonds. The lowest BCUT2D eigenvalue weighted by atomic mass is 9.93. The van der Waals surface area contributed by atoms with E-state index in [2.05, 4.69) is 0 Å². The number of ether oxygens (including phenoxy) is 3. The lowest BCUT2D eigenvalue weighted by Gasteiger charge is -2.26. The molecule has 9 heteroatoms. The van der Waals surface area contributed by atoms with Crippen LogP contribution in [-0.4, -0.2) is 30.4 Å². The molecule has 0 N–H and O–H groups in total. The summed E-state index contributed by atoms with van der Waals surface area (Å²) in [6.45, 7) is 5.78. The molecule has 2 heterocycles. The van der Waals surface area contributed by atoms with E-state index in [-0.39, 0.29) is 23.8 Å². The minimum atomic E-state index is -0.781. The number of esters is 1. The summed E-state index contributed by atoms with van der Waals surface area (Å²) < 4.78 is 19.1. The first-order valence-electron chi connectivity index (χ1n) is 13.2. The van der Waals surface area contributed by atoms with Crippen LogP contribution in [0, 0.1) is 0 Å². The van der Waals surface area contributed by atoms with Gasteiger partial charge in [-0.3, -0.25) is 9.36 Å². The fourth-order valence-corrected chi connectivity index (χ4v) is 5.83. The molecule has 3 aromatic carbocycles. The zero-order chi connectivity index (χ0) is 29.1. The zero-order valence-corrected chi connectivity index (χ0v) is 24.7. The van der Waals surface area contributed by atoms with Crippen molar-refractivity contribution in [3.05, 3.63) is 120 Å². The molecule has 0 saturated carbocycles. The molecule has 1 aliphatic heterocycles. The molecule has 5 rings (SSSR count). The third-order valence-corrected chi connectivity index (χ3v) is 7.66. The van der Waals surface area contributed by atoms with E-state index in [1.54, 1.807) is 36.8 Å². The molecule has 0 spiro atoms. The van der Waals surface area contributed by atoms with Crippen molar-refractivity contribution in [1.82, 2.24) is 4.57 Å². The van der Waals surface area contributed by atoms with Gasteiger partial charge in [-0.15, -0.1) is 0 Å². The predicted octanol–water partition coefficient (Wildman–Crippen LogP) is 5.38. The summed E-state index contributed by atoms with van der Waals surface area (Å²) in [7, 11) is 1.58. The van der Waals surface area contributed by atoms with Gasteiger partial charge in [-0.2, -0.15) is 0 Å². The maximum absolute atomic E-state index is 14.1.